The van der Waals surface area contributed by atoms with Crippen molar-refractivity contribution in [3.8, 4) is 0 Å². The fourth-order valence-corrected chi connectivity index (χ4v) is 4.26. The number of carbonyl (C=O) groups excluding carboxylic acids is 4. The minimum Gasteiger partial charge on any atom is -0.462 e. The van der Waals surface area contributed by atoms with Crippen molar-refractivity contribution < 1.29 is 33.1 Å². The fraction of sp³-hybridized carbons (Fsp3) is 0.261. The minimum atomic E-state index is -1.01. The molecule has 0 fully saturated rings. The Morgan fingerprint density at radius 2 is 1.79 bits per heavy atom. The monoisotopic (exact) mass is 486 g/mol. The molecule has 0 saturated heterocycles. The molecule has 0 spiro atoms. The highest BCUT2D eigenvalue weighted by molar-refractivity contribution is 7.18. The zero-order valence-corrected chi connectivity index (χ0v) is 19.7. The van der Waals surface area contributed by atoms with E-state index in [2.05, 4.69) is 5.32 Å². The molecule has 1 N–H and O–H groups in total. The summed E-state index contributed by atoms with van der Waals surface area (Å²) in [7, 11) is 3.13. The van der Waals surface area contributed by atoms with E-state index < -0.39 is 29.9 Å². The highest BCUT2D eigenvalue weighted by Gasteiger charge is 2.27. The zero-order valence-electron chi connectivity index (χ0n) is 18.9. The molecule has 10 nitrogen and oxygen atoms in total. The van der Waals surface area contributed by atoms with Crippen LogP contribution < -0.4 is 10.7 Å². The Morgan fingerprint density at radius 1 is 1.09 bits per heavy atom. The van der Waals surface area contributed by atoms with Gasteiger partial charge in [0.2, 0.25) is 5.76 Å². The van der Waals surface area contributed by atoms with E-state index in [0.717, 1.165) is 17.4 Å². The lowest BCUT2D eigenvalue weighted by Crippen LogP contribution is -2.22. The summed E-state index contributed by atoms with van der Waals surface area (Å²) in [5.41, 5.74) is 0.201. The first kappa shape index (κ1) is 24.6. The van der Waals surface area contributed by atoms with Gasteiger partial charge in [0.15, 0.2) is 12.0 Å². The second kappa shape index (κ2) is 10.3. The van der Waals surface area contributed by atoms with Crippen LogP contribution in [0, 0.1) is 6.92 Å². The average Bonchev–Trinajstić information content (AvgIpc) is 3.12. The van der Waals surface area contributed by atoms with E-state index in [-0.39, 0.29) is 39.3 Å². The van der Waals surface area contributed by atoms with Crippen LogP contribution in [-0.2, 0) is 14.3 Å². The number of anilines is 1. The number of nitrogens with one attached hydrogen (secondary N) is 1. The molecule has 0 aliphatic heterocycles. The fourth-order valence-electron chi connectivity index (χ4n) is 3.03. The summed E-state index contributed by atoms with van der Waals surface area (Å²) in [6.45, 7) is 2.60. The first-order valence-corrected chi connectivity index (χ1v) is 11.0. The number of hydrogen-bond donors (Lipinski definition) is 1. The third-order valence-corrected chi connectivity index (χ3v) is 5.85. The SMILES string of the molecule is CCOC(=O)c1c(NC(=O)COC(=O)c2cc(=O)c3ccccc3o2)sc(C(=O)N(C)C)c1C. The van der Waals surface area contributed by atoms with Gasteiger partial charge < -0.3 is 24.1 Å². The summed E-state index contributed by atoms with van der Waals surface area (Å²) >= 11 is 0.915. The number of ether oxygens (including phenoxy) is 2. The van der Waals surface area contributed by atoms with Crippen LogP contribution in [0.15, 0.2) is 39.5 Å². The summed E-state index contributed by atoms with van der Waals surface area (Å²) in [6.07, 6.45) is 0. The predicted octanol–water partition coefficient (Wildman–Crippen LogP) is 2.84. The first-order valence-electron chi connectivity index (χ1n) is 10.2. The van der Waals surface area contributed by atoms with Gasteiger partial charge in [-0.05, 0) is 31.5 Å². The second-order valence-electron chi connectivity index (χ2n) is 7.28. The van der Waals surface area contributed by atoms with E-state index in [9.17, 15) is 24.0 Å². The first-order chi connectivity index (χ1) is 16.1. The van der Waals surface area contributed by atoms with Crippen LogP contribution in [-0.4, -0.2) is 56.0 Å². The topological polar surface area (TPSA) is 132 Å². The lowest BCUT2D eigenvalue weighted by Gasteiger charge is -2.09. The lowest BCUT2D eigenvalue weighted by atomic mass is 10.1. The molecule has 2 amide bonds. The summed E-state index contributed by atoms with van der Waals surface area (Å²) < 4.78 is 15.4. The molecule has 11 heteroatoms. The maximum Gasteiger partial charge on any atom is 0.374 e. The third kappa shape index (κ3) is 5.15. The molecule has 0 bridgehead atoms. The summed E-state index contributed by atoms with van der Waals surface area (Å²) in [5, 5.41) is 2.89. The van der Waals surface area contributed by atoms with Gasteiger partial charge >= 0.3 is 11.9 Å². The Bertz CT molecular complexity index is 1340. The van der Waals surface area contributed by atoms with E-state index in [4.69, 9.17) is 13.9 Å². The van der Waals surface area contributed by atoms with Crippen LogP contribution >= 0.6 is 11.3 Å². The third-order valence-electron chi connectivity index (χ3n) is 4.65. The maximum atomic E-state index is 12.5. The van der Waals surface area contributed by atoms with Gasteiger partial charge in [0.25, 0.3) is 11.8 Å². The number of esters is 2. The van der Waals surface area contributed by atoms with Gasteiger partial charge in [0.1, 0.15) is 10.6 Å². The number of amides is 2. The molecule has 178 valence electrons. The Labute approximate surface area is 198 Å². The normalized spacial score (nSPS) is 10.6. The van der Waals surface area contributed by atoms with Crippen LogP contribution in [0.25, 0.3) is 11.0 Å². The standard InChI is InChI=1S/C23H22N2O8S/c1-5-31-23(30)18-12(2)19(21(28)25(3)4)34-20(18)24-17(27)11-32-22(29)16-10-14(26)13-8-6-7-9-15(13)33-16/h6-10H,5,11H2,1-4H3,(H,24,27). The quantitative estimate of drug-likeness (QED) is 0.504. The van der Waals surface area contributed by atoms with Crippen LogP contribution in [0.5, 0.6) is 0 Å². The molecule has 1 aromatic carbocycles. The molecule has 34 heavy (non-hydrogen) atoms. The van der Waals surface area contributed by atoms with Crippen LogP contribution in [0.1, 0.15) is 43.1 Å². The smallest absolute Gasteiger partial charge is 0.374 e. The van der Waals surface area contributed by atoms with Gasteiger partial charge in [-0.1, -0.05) is 12.1 Å². The number of rotatable bonds is 7. The van der Waals surface area contributed by atoms with Crippen molar-refractivity contribution in [2.75, 3.05) is 32.6 Å². The minimum absolute atomic E-state index is 0.0530. The van der Waals surface area contributed by atoms with E-state index in [1.54, 1.807) is 46.1 Å². The molecule has 0 saturated carbocycles. The molecular formula is C23H22N2O8S. The molecule has 0 aliphatic rings. The molecule has 0 aliphatic carbocycles. The van der Waals surface area contributed by atoms with Crippen molar-refractivity contribution in [3.63, 3.8) is 0 Å². The van der Waals surface area contributed by atoms with Crippen LogP contribution in [0.2, 0.25) is 0 Å². The Hall–Kier alpha value is -3.99. The number of thiophene rings is 1. The number of fused-ring (bicyclic) bond motifs is 1. The molecule has 2 heterocycles. The van der Waals surface area contributed by atoms with Crippen LogP contribution in [0.4, 0.5) is 5.00 Å². The van der Waals surface area contributed by atoms with Crippen molar-refractivity contribution in [1.29, 1.82) is 0 Å². The number of hydrogen-bond acceptors (Lipinski definition) is 9. The van der Waals surface area contributed by atoms with E-state index >= 15 is 0 Å². The molecule has 2 aromatic heterocycles. The van der Waals surface area contributed by atoms with Crippen LogP contribution in [0.3, 0.4) is 0 Å². The van der Waals surface area contributed by atoms with Crippen molar-refractivity contribution in [1.82, 2.24) is 4.90 Å². The van der Waals surface area contributed by atoms with Crippen molar-refractivity contribution in [2.24, 2.45) is 0 Å². The summed E-state index contributed by atoms with van der Waals surface area (Å²) in [4.78, 5) is 63.4. The van der Waals surface area contributed by atoms with Crippen molar-refractivity contribution in [3.05, 3.63) is 62.3 Å². The Balaban J connectivity index is 1.77. The number of para-hydroxylation sites is 1. The number of nitrogens with zero attached hydrogens (tertiary/aromatic N) is 1. The molecule has 0 unspecified atom stereocenters. The Kier molecular flexibility index (Phi) is 7.47. The van der Waals surface area contributed by atoms with Gasteiger partial charge in [0.05, 0.1) is 22.4 Å². The molecule has 0 radical (unpaired) electrons. The van der Waals surface area contributed by atoms with Gasteiger partial charge in [0, 0.05) is 20.2 Å². The predicted molar refractivity (Wildman–Crippen MR) is 124 cm³/mol. The Morgan fingerprint density at radius 3 is 2.47 bits per heavy atom. The molecular weight excluding hydrogens is 464 g/mol. The van der Waals surface area contributed by atoms with E-state index in [1.165, 1.54) is 11.0 Å². The molecule has 0 atom stereocenters. The van der Waals surface area contributed by atoms with E-state index in [1.807, 2.05) is 0 Å². The highest BCUT2D eigenvalue weighted by Crippen LogP contribution is 2.34. The largest absolute Gasteiger partial charge is 0.462 e. The second-order valence-corrected chi connectivity index (χ2v) is 8.30. The number of benzene rings is 1. The molecule has 3 rings (SSSR count). The van der Waals surface area contributed by atoms with Gasteiger partial charge in [-0.3, -0.25) is 14.4 Å². The maximum absolute atomic E-state index is 12.5. The van der Waals surface area contributed by atoms with Crippen molar-refractivity contribution >= 4 is 51.1 Å². The van der Waals surface area contributed by atoms with Gasteiger partial charge in [-0.25, -0.2) is 9.59 Å². The zero-order chi connectivity index (χ0) is 25.0. The average molecular weight is 487 g/mol. The van der Waals surface area contributed by atoms with Crippen molar-refractivity contribution in [2.45, 2.75) is 13.8 Å². The highest BCUT2D eigenvalue weighted by atomic mass is 32.1. The lowest BCUT2D eigenvalue weighted by molar-refractivity contribution is -0.119. The summed E-state index contributed by atoms with van der Waals surface area (Å²) in [5.74, 6) is -3.15. The number of carbonyl (C=O) groups is 4. The summed E-state index contributed by atoms with van der Waals surface area (Å²) in [6, 6.07) is 7.39. The molecule has 3 aromatic rings. The van der Waals surface area contributed by atoms with Gasteiger partial charge in [-0.15, -0.1) is 11.3 Å². The van der Waals surface area contributed by atoms with Gasteiger partial charge in [-0.2, -0.15) is 0 Å². The van der Waals surface area contributed by atoms with E-state index in [0.29, 0.717) is 10.9 Å².